The Morgan fingerprint density at radius 3 is 0.950 bits per heavy atom. The molecule has 4 heterocycles. The van der Waals surface area contributed by atoms with E-state index in [1.54, 1.807) is 22.7 Å². The predicted molar refractivity (Wildman–Crippen MR) is 257 cm³/mol. The lowest BCUT2D eigenvalue weighted by atomic mass is 9.98. The van der Waals surface area contributed by atoms with Gasteiger partial charge in [-0.15, -0.1) is 58.2 Å². The summed E-state index contributed by atoms with van der Waals surface area (Å²) in [7, 11) is 0. The van der Waals surface area contributed by atoms with Crippen LogP contribution in [0.15, 0.2) is 24.3 Å². The van der Waals surface area contributed by atoms with Gasteiger partial charge in [0.05, 0.1) is 9.75 Å². The van der Waals surface area contributed by atoms with Gasteiger partial charge in [-0.25, -0.2) is 0 Å². The van der Waals surface area contributed by atoms with Crippen LogP contribution in [0.4, 0.5) is 0 Å². The number of fused-ring (bicyclic) bond motifs is 2. The van der Waals surface area contributed by atoms with Crippen LogP contribution in [0.1, 0.15) is 45.9 Å². The van der Waals surface area contributed by atoms with Crippen molar-refractivity contribution in [1.29, 1.82) is 0 Å². The van der Waals surface area contributed by atoms with Gasteiger partial charge in [-0.1, -0.05) is 25.7 Å². The minimum Gasteiger partial charge on any atom is -0.138 e. The van der Waals surface area contributed by atoms with Gasteiger partial charge in [-0.3, -0.25) is 0 Å². The van der Waals surface area contributed by atoms with Crippen LogP contribution in [-0.4, -0.2) is 0 Å². The monoisotopic (exact) mass is 822 g/mol. The molecule has 5 aromatic rings. The quantitative estimate of drug-likeness (QED) is 0.159. The number of benzene rings is 1. The van der Waals surface area contributed by atoms with Crippen molar-refractivity contribution >= 4 is 65.5 Å². The molecule has 0 saturated carbocycles. The van der Waals surface area contributed by atoms with Gasteiger partial charge in [0.2, 0.25) is 0 Å². The average Bonchev–Trinajstić information content (AvgIpc) is 4.05. The molecule has 0 radical (unpaired) electrons. The molecule has 4 heteroatoms. The van der Waals surface area contributed by atoms with Crippen LogP contribution in [-0.2, 0) is 12.8 Å². The van der Waals surface area contributed by atoms with Gasteiger partial charge in [-0.2, -0.15) is 0 Å². The summed E-state index contributed by atoms with van der Waals surface area (Å²) in [6.45, 7) is 8.68. The molecule has 0 fully saturated rings. The molecule has 0 aliphatic heterocycles. The Morgan fingerprint density at radius 1 is 0.383 bits per heavy atom. The minimum absolute atomic E-state index is 0.910. The molecule has 0 bridgehead atoms. The maximum atomic E-state index is 5.03. The van der Waals surface area contributed by atoms with Gasteiger partial charge in [0.25, 0.3) is 0 Å². The first-order valence-electron chi connectivity index (χ1n) is 17.6. The predicted octanol–water partition coefficient (Wildman–Crippen LogP) is 9.32. The summed E-state index contributed by atoms with van der Waals surface area (Å²) in [6.07, 6.45) is 11.9. The van der Waals surface area contributed by atoms with Crippen molar-refractivity contribution in [2.24, 2.45) is 0 Å². The van der Waals surface area contributed by atoms with Gasteiger partial charge in [0.15, 0.2) is 0 Å². The molecule has 0 saturated heterocycles. The molecule has 270 valence electrons. The number of aryl methyl sites for hydroxylation is 4. The summed E-state index contributed by atoms with van der Waals surface area (Å²) in [4.78, 5) is 7.09. The highest BCUT2D eigenvalue weighted by Crippen LogP contribution is 2.48. The lowest BCUT2D eigenvalue weighted by Gasteiger charge is -2.08. The van der Waals surface area contributed by atoms with E-state index in [0.717, 1.165) is 33.7 Å². The normalized spacial score (nSPS) is 7.90. The zero-order chi connectivity index (χ0) is 42.4. The first-order valence-corrected chi connectivity index (χ1v) is 20.9. The molecule has 0 unspecified atom stereocenters. The Balaban J connectivity index is 1.40. The van der Waals surface area contributed by atoms with E-state index in [1.165, 1.54) is 50.8 Å². The molecule has 0 aliphatic carbocycles. The van der Waals surface area contributed by atoms with Gasteiger partial charge >= 0.3 is 0 Å². The topological polar surface area (TPSA) is 0 Å². The van der Waals surface area contributed by atoms with Crippen LogP contribution >= 0.6 is 45.3 Å². The smallest absolute Gasteiger partial charge is 0.0602 e. The van der Waals surface area contributed by atoms with E-state index >= 15 is 0 Å². The molecular weight excluding hydrogens is 801 g/mol. The van der Waals surface area contributed by atoms with E-state index < -0.39 is 0 Å². The largest absolute Gasteiger partial charge is 0.138 e. The summed E-state index contributed by atoms with van der Waals surface area (Å²) < 4.78 is 2.65. The Morgan fingerprint density at radius 2 is 0.667 bits per heavy atom. The maximum Gasteiger partial charge on any atom is 0.0602 e. The van der Waals surface area contributed by atoms with Crippen molar-refractivity contribution in [3.05, 3.63) is 56.3 Å². The summed E-state index contributed by atoms with van der Waals surface area (Å²) in [5, 5.41) is 2.61. The van der Waals surface area contributed by atoms with Crippen LogP contribution in [0.3, 0.4) is 0 Å². The molecule has 4 aromatic heterocycles. The highest BCUT2D eigenvalue weighted by atomic mass is 32.1. The van der Waals surface area contributed by atoms with Crippen LogP contribution in [0.2, 0.25) is 0 Å². The molecule has 0 aliphatic rings. The fourth-order valence-corrected chi connectivity index (χ4v) is 10.2. The molecule has 1 aromatic carbocycles. The average molecular weight is 823 g/mol. The van der Waals surface area contributed by atoms with E-state index in [2.05, 4.69) is 230 Å². The Bertz CT molecular complexity index is 3340. The maximum absolute atomic E-state index is 5.03. The number of terminal acetylenes is 2. The molecule has 0 amide bonds. The minimum atomic E-state index is 0.910. The van der Waals surface area contributed by atoms with E-state index in [1.807, 2.05) is 22.7 Å². The lowest BCUT2D eigenvalue weighted by Crippen LogP contribution is -1.88. The SMILES string of the molecule is C#CC#CC#CC#CC#CC#CC#CC#Cc1cc(C)sc1-c1cc2c(CC)c3sc(-c4sc(C)cc4C#CC#CC#CC#CC#CC#CC#CC#C)cc3c(CC)c2s1. The van der Waals surface area contributed by atoms with Crippen molar-refractivity contribution in [1.82, 2.24) is 0 Å². The highest BCUT2D eigenvalue weighted by molar-refractivity contribution is 7.28. The van der Waals surface area contributed by atoms with E-state index in [4.69, 9.17) is 12.8 Å². The first kappa shape index (κ1) is 42.6. The highest BCUT2D eigenvalue weighted by Gasteiger charge is 2.21. The summed E-state index contributed by atoms with van der Waals surface area (Å²) in [6, 6.07) is 8.95. The third kappa shape index (κ3) is 11.8. The van der Waals surface area contributed by atoms with Gasteiger partial charge < -0.3 is 0 Å². The number of hydrogen-bond donors (Lipinski definition) is 0. The van der Waals surface area contributed by atoms with Gasteiger partial charge in [-0.05, 0) is 239 Å². The van der Waals surface area contributed by atoms with Crippen LogP contribution in [0.5, 0.6) is 0 Å². The standard InChI is InChI=1S/C56H22S4/c1-7-11-13-15-17-19-21-23-25-27-29-31-33-35-37-45-39-43(5)57-53(45)51-41-49-47(9-3)56-50(48(10-4)55(49)59-51)42-52(60-56)54-46(40-44(6)58-54)38-36-34-32-30-28-26-24-22-20-18-16-14-12-8-2/h1-2,39-42H,9-10H2,3-6H3. The summed E-state index contributed by atoms with van der Waals surface area (Å²) in [5.41, 5.74) is 4.63. The van der Waals surface area contributed by atoms with E-state index in [-0.39, 0.29) is 0 Å². The number of hydrogen-bond acceptors (Lipinski definition) is 4. The molecule has 60 heavy (non-hydrogen) atoms. The van der Waals surface area contributed by atoms with Crippen molar-refractivity contribution in [3.8, 4) is 210 Å². The molecule has 0 atom stereocenters. The van der Waals surface area contributed by atoms with Crippen LogP contribution in [0.25, 0.3) is 39.7 Å². The van der Waals surface area contributed by atoms with Gasteiger partial charge in [0.1, 0.15) is 0 Å². The third-order valence-electron chi connectivity index (χ3n) is 7.57. The van der Waals surface area contributed by atoms with Crippen molar-refractivity contribution in [2.75, 3.05) is 0 Å². The Hall–Kier alpha value is -8.50. The second kappa shape index (κ2) is 22.9. The fourth-order valence-electron chi connectivity index (χ4n) is 5.39. The molecule has 0 spiro atoms. The molecule has 5 rings (SSSR count). The lowest BCUT2D eigenvalue weighted by molar-refractivity contribution is 1.16. The van der Waals surface area contributed by atoms with Crippen LogP contribution in [0, 0.1) is 204 Å². The zero-order valence-corrected chi connectivity index (χ0v) is 35.8. The molecular formula is C56H22S4. The van der Waals surface area contributed by atoms with E-state index in [9.17, 15) is 0 Å². The van der Waals surface area contributed by atoms with Gasteiger partial charge in [0, 0.05) is 40.0 Å². The first-order chi connectivity index (χ1) is 29.5. The Kier molecular flexibility index (Phi) is 16.3. The van der Waals surface area contributed by atoms with Crippen LogP contribution < -0.4 is 0 Å². The zero-order valence-electron chi connectivity index (χ0n) is 32.5. The summed E-state index contributed by atoms with van der Waals surface area (Å²) in [5.74, 6) is 79.0. The Labute approximate surface area is 369 Å². The number of thiophene rings is 4. The van der Waals surface area contributed by atoms with Crippen molar-refractivity contribution < 1.29 is 0 Å². The molecule has 0 N–H and O–H groups in total. The van der Waals surface area contributed by atoms with E-state index in [0.29, 0.717) is 0 Å². The third-order valence-corrected chi connectivity index (χ3v) is 12.4. The second-order valence-electron chi connectivity index (χ2n) is 11.4. The summed E-state index contributed by atoms with van der Waals surface area (Å²) >= 11 is 7.18. The molecule has 0 nitrogen and oxygen atoms in total. The number of rotatable bonds is 4. The second-order valence-corrected chi connectivity index (χ2v) is 16.0. The van der Waals surface area contributed by atoms with Crippen molar-refractivity contribution in [3.63, 3.8) is 0 Å². The fraction of sp³-hybridized carbons (Fsp3) is 0.107. The van der Waals surface area contributed by atoms with Crippen molar-refractivity contribution in [2.45, 2.75) is 40.5 Å².